The van der Waals surface area contributed by atoms with Gasteiger partial charge in [-0.25, -0.2) is 4.98 Å². The van der Waals surface area contributed by atoms with Crippen LogP contribution in [-0.4, -0.2) is 35.6 Å². The van der Waals surface area contributed by atoms with Gasteiger partial charge in [0.25, 0.3) is 0 Å². The number of hydrogen-bond donors (Lipinski definition) is 1. The van der Waals surface area contributed by atoms with E-state index in [1.165, 1.54) is 43.0 Å². The molecule has 0 spiro atoms. The highest BCUT2D eigenvalue weighted by atomic mass is 32.1. The number of likely N-dealkylation sites (tertiary alicyclic amines) is 1. The van der Waals surface area contributed by atoms with Gasteiger partial charge in [-0.1, -0.05) is 0 Å². The van der Waals surface area contributed by atoms with E-state index in [2.05, 4.69) is 22.1 Å². The van der Waals surface area contributed by atoms with E-state index in [1.807, 2.05) is 5.51 Å². The number of nitrogens with zero attached hydrogens (tertiary/aromatic N) is 2. The quantitative estimate of drug-likeness (QED) is 0.847. The molecule has 4 heteroatoms. The zero-order chi connectivity index (χ0) is 11.0. The maximum absolute atomic E-state index is 4.34. The molecule has 2 unspecified atom stereocenters. The maximum Gasteiger partial charge on any atom is 0.0798 e. The Bertz CT molecular complexity index is 363. The molecule has 0 amide bonds. The average molecular weight is 237 g/mol. The summed E-state index contributed by atoms with van der Waals surface area (Å²) in [6.07, 6.45) is 2.77. The van der Waals surface area contributed by atoms with Crippen molar-refractivity contribution in [3.63, 3.8) is 0 Å². The molecule has 0 radical (unpaired) electrons. The van der Waals surface area contributed by atoms with Gasteiger partial charge in [0.15, 0.2) is 0 Å². The van der Waals surface area contributed by atoms with Crippen LogP contribution in [0.3, 0.4) is 0 Å². The van der Waals surface area contributed by atoms with Crippen LogP contribution < -0.4 is 5.32 Å². The van der Waals surface area contributed by atoms with Gasteiger partial charge >= 0.3 is 0 Å². The van der Waals surface area contributed by atoms with E-state index in [0.29, 0.717) is 0 Å². The van der Waals surface area contributed by atoms with Crippen LogP contribution in [0.2, 0.25) is 0 Å². The molecule has 1 aromatic rings. The Balaban J connectivity index is 1.72. The highest BCUT2D eigenvalue weighted by Crippen LogP contribution is 2.28. The van der Waals surface area contributed by atoms with E-state index in [4.69, 9.17) is 0 Å². The van der Waals surface area contributed by atoms with Crippen LogP contribution in [0.1, 0.15) is 23.4 Å². The molecule has 0 bridgehead atoms. The first-order valence-corrected chi connectivity index (χ1v) is 7.06. The molecule has 88 valence electrons. The van der Waals surface area contributed by atoms with Gasteiger partial charge in [-0.15, -0.1) is 11.3 Å². The third-order valence-corrected chi connectivity index (χ3v) is 4.90. The van der Waals surface area contributed by atoms with Crippen LogP contribution in [0, 0.1) is 12.8 Å². The lowest BCUT2D eigenvalue weighted by atomic mass is 9.92. The Morgan fingerprint density at radius 1 is 1.56 bits per heavy atom. The van der Waals surface area contributed by atoms with Crippen molar-refractivity contribution < 1.29 is 0 Å². The van der Waals surface area contributed by atoms with E-state index in [-0.39, 0.29) is 0 Å². The minimum Gasteiger partial charge on any atom is -0.315 e. The normalized spacial score (nSPS) is 30.6. The molecule has 0 saturated carbocycles. The molecule has 2 aliphatic heterocycles. The first kappa shape index (κ1) is 10.7. The number of fused-ring (bicyclic) bond motifs is 1. The number of thiazole rings is 1. The second kappa shape index (κ2) is 4.43. The number of aromatic nitrogens is 1. The predicted molar refractivity (Wildman–Crippen MR) is 66.6 cm³/mol. The molecular weight excluding hydrogens is 218 g/mol. The monoisotopic (exact) mass is 237 g/mol. The zero-order valence-corrected chi connectivity index (χ0v) is 10.6. The SMILES string of the molecule is Cc1ncsc1CN1CCCC2CNCC21. The van der Waals surface area contributed by atoms with E-state index in [1.54, 1.807) is 11.3 Å². The molecule has 2 atom stereocenters. The van der Waals surface area contributed by atoms with Crippen LogP contribution in [-0.2, 0) is 6.54 Å². The van der Waals surface area contributed by atoms with Gasteiger partial charge in [0, 0.05) is 24.0 Å². The summed E-state index contributed by atoms with van der Waals surface area (Å²) in [6.45, 7) is 6.91. The zero-order valence-electron chi connectivity index (χ0n) is 9.78. The molecule has 1 N–H and O–H groups in total. The van der Waals surface area contributed by atoms with E-state index in [9.17, 15) is 0 Å². The third kappa shape index (κ3) is 1.90. The highest BCUT2D eigenvalue weighted by molar-refractivity contribution is 7.09. The molecule has 16 heavy (non-hydrogen) atoms. The Morgan fingerprint density at radius 3 is 3.31 bits per heavy atom. The van der Waals surface area contributed by atoms with E-state index in [0.717, 1.165) is 18.5 Å². The summed E-state index contributed by atoms with van der Waals surface area (Å²) in [4.78, 5) is 8.46. The van der Waals surface area contributed by atoms with Gasteiger partial charge in [-0.2, -0.15) is 0 Å². The lowest BCUT2D eigenvalue weighted by Gasteiger charge is -2.36. The van der Waals surface area contributed by atoms with Crippen molar-refractivity contribution in [3.8, 4) is 0 Å². The number of nitrogens with one attached hydrogen (secondary N) is 1. The topological polar surface area (TPSA) is 28.2 Å². The molecule has 2 saturated heterocycles. The number of aryl methyl sites for hydroxylation is 1. The molecule has 0 aliphatic carbocycles. The van der Waals surface area contributed by atoms with Crippen molar-refractivity contribution in [1.82, 2.24) is 15.2 Å². The number of hydrogen-bond acceptors (Lipinski definition) is 4. The number of rotatable bonds is 2. The van der Waals surface area contributed by atoms with Gasteiger partial charge < -0.3 is 5.32 Å². The lowest BCUT2D eigenvalue weighted by molar-refractivity contribution is 0.118. The van der Waals surface area contributed by atoms with E-state index < -0.39 is 0 Å². The van der Waals surface area contributed by atoms with Crippen LogP contribution >= 0.6 is 11.3 Å². The molecule has 3 rings (SSSR count). The smallest absolute Gasteiger partial charge is 0.0798 e. The van der Waals surface area contributed by atoms with Crippen LogP contribution in [0.5, 0.6) is 0 Å². The molecule has 3 nitrogen and oxygen atoms in total. The standard InChI is InChI=1S/C12H19N3S/c1-9-12(16-8-14-9)7-15-4-2-3-10-5-13-6-11(10)15/h8,10-11,13H,2-7H2,1H3. The van der Waals surface area contributed by atoms with E-state index >= 15 is 0 Å². The van der Waals surface area contributed by atoms with Crippen molar-refractivity contribution in [2.75, 3.05) is 19.6 Å². The number of piperidine rings is 1. The highest BCUT2D eigenvalue weighted by Gasteiger charge is 2.34. The largest absolute Gasteiger partial charge is 0.315 e. The fraction of sp³-hybridized carbons (Fsp3) is 0.750. The minimum absolute atomic E-state index is 0.773. The minimum atomic E-state index is 0.773. The second-order valence-corrected chi connectivity index (χ2v) is 5.90. The molecule has 2 fully saturated rings. The lowest BCUT2D eigenvalue weighted by Crippen LogP contribution is -2.44. The van der Waals surface area contributed by atoms with Gasteiger partial charge in [0.05, 0.1) is 11.2 Å². The summed E-state index contributed by atoms with van der Waals surface area (Å²) in [7, 11) is 0. The molecule has 2 aliphatic rings. The Morgan fingerprint density at radius 2 is 2.50 bits per heavy atom. The maximum atomic E-state index is 4.34. The van der Waals surface area contributed by atoms with Crippen molar-refractivity contribution >= 4 is 11.3 Å². The fourth-order valence-electron chi connectivity index (χ4n) is 3.02. The van der Waals surface area contributed by atoms with Crippen molar-refractivity contribution in [2.24, 2.45) is 5.92 Å². The summed E-state index contributed by atoms with van der Waals surface area (Å²) in [5.74, 6) is 0.891. The summed E-state index contributed by atoms with van der Waals surface area (Å²) in [5.41, 5.74) is 3.19. The van der Waals surface area contributed by atoms with Gasteiger partial charge in [-0.05, 0) is 38.8 Å². The average Bonchev–Trinajstić information content (AvgIpc) is 2.89. The first-order valence-electron chi connectivity index (χ1n) is 6.18. The summed E-state index contributed by atoms with van der Waals surface area (Å²) in [6, 6.07) is 0.773. The summed E-state index contributed by atoms with van der Waals surface area (Å²) < 4.78 is 0. The first-order chi connectivity index (χ1) is 7.84. The van der Waals surface area contributed by atoms with Crippen molar-refractivity contribution in [2.45, 2.75) is 32.4 Å². The molecule has 3 heterocycles. The van der Waals surface area contributed by atoms with Gasteiger partial charge in [0.2, 0.25) is 0 Å². The summed E-state index contributed by atoms with van der Waals surface area (Å²) >= 11 is 1.80. The fourth-order valence-corrected chi connectivity index (χ4v) is 3.82. The van der Waals surface area contributed by atoms with Crippen LogP contribution in [0.4, 0.5) is 0 Å². The third-order valence-electron chi connectivity index (χ3n) is 3.98. The Hall–Kier alpha value is -0.450. The van der Waals surface area contributed by atoms with Crippen LogP contribution in [0.25, 0.3) is 0 Å². The van der Waals surface area contributed by atoms with Crippen molar-refractivity contribution in [3.05, 3.63) is 16.1 Å². The van der Waals surface area contributed by atoms with Gasteiger partial charge in [0.1, 0.15) is 0 Å². The predicted octanol–water partition coefficient (Wildman–Crippen LogP) is 1.64. The van der Waals surface area contributed by atoms with Gasteiger partial charge in [-0.3, -0.25) is 4.90 Å². The van der Waals surface area contributed by atoms with Crippen molar-refractivity contribution in [1.29, 1.82) is 0 Å². The molecular formula is C12H19N3S. The second-order valence-electron chi connectivity index (χ2n) is 4.96. The summed E-state index contributed by atoms with van der Waals surface area (Å²) in [5, 5.41) is 3.53. The Kier molecular flexibility index (Phi) is 2.96. The van der Waals surface area contributed by atoms with Crippen LogP contribution in [0.15, 0.2) is 5.51 Å². The molecule has 0 aromatic carbocycles. The Labute approximate surface area is 101 Å². The molecule has 1 aromatic heterocycles.